The van der Waals surface area contributed by atoms with Gasteiger partial charge in [-0.15, -0.1) is 0 Å². The molecule has 9 nitrogen and oxygen atoms in total. The maximum atomic E-state index is 14.1. The molecule has 0 radical (unpaired) electrons. The van der Waals surface area contributed by atoms with Crippen LogP contribution in [0.2, 0.25) is 0 Å². The molecule has 2 heterocycles. The second-order valence-corrected chi connectivity index (χ2v) is 15.1. The van der Waals surface area contributed by atoms with Crippen molar-refractivity contribution >= 4 is 43.0 Å². The van der Waals surface area contributed by atoms with Crippen LogP contribution in [0.5, 0.6) is 0 Å². The number of carbonyl (C=O) groups excluding carboxylic acids is 2. The minimum Gasteiger partial charge on any atom is -0.366 e. The molecule has 2 fully saturated rings. The molecular weight excluding hydrogens is 569 g/mol. The molecule has 1 aliphatic carbocycles. The van der Waals surface area contributed by atoms with Crippen LogP contribution in [0.4, 0.5) is 15.8 Å². The highest BCUT2D eigenvalue weighted by Crippen LogP contribution is 2.59. The Morgan fingerprint density at radius 2 is 1.63 bits per heavy atom. The lowest BCUT2D eigenvalue weighted by molar-refractivity contribution is 0.0996. The van der Waals surface area contributed by atoms with Gasteiger partial charge in [-0.1, -0.05) is 6.07 Å². The summed E-state index contributed by atoms with van der Waals surface area (Å²) in [4.78, 5) is 24.8. The number of benzene rings is 3. The van der Waals surface area contributed by atoms with E-state index in [1.165, 1.54) is 34.6 Å². The zero-order valence-electron chi connectivity index (χ0n) is 21.9. The molecule has 6 rings (SSSR count). The minimum absolute atomic E-state index is 0.0206. The van der Waals surface area contributed by atoms with Crippen molar-refractivity contribution in [2.75, 3.05) is 21.1 Å². The summed E-state index contributed by atoms with van der Waals surface area (Å²) in [5.41, 5.74) is 6.42. The number of amides is 2. The van der Waals surface area contributed by atoms with Gasteiger partial charge in [0.25, 0.3) is 15.9 Å². The van der Waals surface area contributed by atoms with Gasteiger partial charge >= 0.3 is 0 Å². The fourth-order valence-electron chi connectivity index (χ4n) is 6.28. The van der Waals surface area contributed by atoms with Crippen LogP contribution in [-0.2, 0) is 25.3 Å². The molecule has 2 amide bonds. The third-order valence-corrected chi connectivity index (χ3v) is 11.9. The van der Waals surface area contributed by atoms with Crippen molar-refractivity contribution in [2.45, 2.75) is 42.0 Å². The zero-order valence-corrected chi connectivity index (χ0v) is 23.5. The number of hydrogen-bond acceptors (Lipinski definition) is 6. The molecule has 1 spiro atoms. The fourth-order valence-corrected chi connectivity index (χ4v) is 9.63. The van der Waals surface area contributed by atoms with Crippen LogP contribution in [-0.4, -0.2) is 46.2 Å². The highest BCUT2D eigenvalue weighted by molar-refractivity contribution is 7.93. The lowest BCUT2D eigenvalue weighted by Gasteiger charge is -2.41. The normalized spacial score (nSPS) is 20.9. The topological polar surface area (TPSA) is 144 Å². The second kappa shape index (κ2) is 9.66. The van der Waals surface area contributed by atoms with Crippen molar-refractivity contribution in [3.05, 3.63) is 89.2 Å². The summed E-state index contributed by atoms with van der Waals surface area (Å²) in [5.74, 6) is -1.83. The molecule has 12 heteroatoms. The molecule has 41 heavy (non-hydrogen) atoms. The molecule has 3 aliphatic rings. The Morgan fingerprint density at radius 1 is 0.951 bits per heavy atom. The molecule has 1 atom stereocenters. The summed E-state index contributed by atoms with van der Waals surface area (Å²) >= 11 is 0. The summed E-state index contributed by atoms with van der Waals surface area (Å²) in [6.07, 6.45) is 2.05. The number of hydrogen-bond donors (Lipinski definition) is 2. The smallest absolute Gasteiger partial charge is 0.264 e. The number of fused-ring (bicyclic) bond motifs is 2. The zero-order chi connectivity index (χ0) is 29.2. The first-order chi connectivity index (χ1) is 19.4. The molecule has 3 N–H and O–H groups in total. The number of nitrogens with one attached hydrogen (secondary N) is 1. The van der Waals surface area contributed by atoms with E-state index >= 15 is 0 Å². The van der Waals surface area contributed by atoms with E-state index in [1.54, 1.807) is 24.3 Å². The van der Waals surface area contributed by atoms with E-state index in [0.717, 1.165) is 25.0 Å². The first-order valence-corrected chi connectivity index (χ1v) is 16.5. The molecule has 0 aromatic heterocycles. The minimum atomic E-state index is -4.15. The van der Waals surface area contributed by atoms with Gasteiger partial charge in [0, 0.05) is 22.2 Å². The van der Waals surface area contributed by atoms with E-state index < -0.39 is 48.9 Å². The molecule has 214 valence electrons. The van der Waals surface area contributed by atoms with E-state index in [0.29, 0.717) is 16.9 Å². The largest absolute Gasteiger partial charge is 0.366 e. The molecule has 3 aromatic rings. The maximum absolute atomic E-state index is 14.1. The van der Waals surface area contributed by atoms with Gasteiger partial charge < -0.3 is 11.1 Å². The number of sulfone groups is 1. The van der Waals surface area contributed by atoms with E-state index in [9.17, 15) is 30.8 Å². The molecule has 0 bridgehead atoms. The van der Waals surface area contributed by atoms with Crippen molar-refractivity contribution < 1.29 is 30.8 Å². The number of halogens is 1. The van der Waals surface area contributed by atoms with Crippen LogP contribution in [0.15, 0.2) is 71.6 Å². The lowest BCUT2D eigenvalue weighted by atomic mass is 9.70. The lowest BCUT2D eigenvalue weighted by Crippen LogP contribution is -2.52. The van der Waals surface area contributed by atoms with Gasteiger partial charge in [0.2, 0.25) is 5.91 Å². The SMILES string of the molecule is NC(=O)c1cccc(NC(=O)c2ccc3c(c2)C2(CCS(=O)(=O)CC2)C(C2CC2)N3S(=O)(=O)c2ccc(F)cc2)c1. The van der Waals surface area contributed by atoms with E-state index in [2.05, 4.69) is 5.32 Å². The van der Waals surface area contributed by atoms with Gasteiger partial charge in [-0.25, -0.2) is 21.2 Å². The number of anilines is 2. The van der Waals surface area contributed by atoms with Crippen LogP contribution in [0, 0.1) is 11.7 Å². The molecule has 1 saturated heterocycles. The van der Waals surface area contributed by atoms with Crippen LogP contribution in [0.25, 0.3) is 0 Å². The van der Waals surface area contributed by atoms with Crippen LogP contribution < -0.4 is 15.4 Å². The van der Waals surface area contributed by atoms with Crippen molar-refractivity contribution in [3.8, 4) is 0 Å². The Labute approximate surface area is 237 Å². The Hall–Kier alpha value is -3.77. The summed E-state index contributed by atoms with van der Waals surface area (Å²) in [6, 6.07) is 15.1. The Kier molecular flexibility index (Phi) is 6.46. The Bertz CT molecular complexity index is 1770. The maximum Gasteiger partial charge on any atom is 0.264 e. The third-order valence-electron chi connectivity index (χ3n) is 8.41. The average Bonchev–Trinajstić information content (AvgIpc) is 3.73. The molecular formula is C29H28FN3O6S2. The quantitative estimate of drug-likeness (QED) is 0.444. The van der Waals surface area contributed by atoms with Crippen LogP contribution in [0.3, 0.4) is 0 Å². The Morgan fingerprint density at radius 3 is 2.27 bits per heavy atom. The van der Waals surface area contributed by atoms with E-state index in [4.69, 9.17) is 5.73 Å². The van der Waals surface area contributed by atoms with E-state index in [1.807, 2.05) is 0 Å². The van der Waals surface area contributed by atoms with E-state index in [-0.39, 0.29) is 46.3 Å². The van der Waals surface area contributed by atoms with Gasteiger partial charge in [-0.05, 0) is 97.8 Å². The van der Waals surface area contributed by atoms with Crippen molar-refractivity contribution in [3.63, 3.8) is 0 Å². The van der Waals surface area contributed by atoms with Gasteiger partial charge in [-0.3, -0.25) is 13.9 Å². The number of rotatable bonds is 6. The van der Waals surface area contributed by atoms with Gasteiger partial charge in [0.1, 0.15) is 15.7 Å². The fraction of sp³-hybridized carbons (Fsp3) is 0.310. The number of primary amides is 1. The Balaban J connectivity index is 1.46. The standard InChI is InChI=1S/C29H28FN3O6S2/c30-21-7-9-23(10-8-21)41(38,39)33-25-11-6-20(28(35)32-22-3-1-2-19(16-22)27(31)34)17-24(25)29(26(33)18-4-5-18)12-14-40(36,37)15-13-29/h1-3,6-11,16-18,26H,4-5,12-15H2,(H2,31,34)(H,32,35). The molecule has 2 aliphatic heterocycles. The summed E-state index contributed by atoms with van der Waals surface area (Å²) in [6.45, 7) is 0. The first-order valence-electron chi connectivity index (χ1n) is 13.3. The monoisotopic (exact) mass is 597 g/mol. The van der Waals surface area contributed by atoms with Crippen molar-refractivity contribution in [2.24, 2.45) is 11.7 Å². The number of nitrogens with zero attached hydrogens (tertiary/aromatic N) is 1. The number of sulfonamides is 1. The van der Waals surface area contributed by atoms with Crippen molar-refractivity contribution in [1.29, 1.82) is 0 Å². The van der Waals surface area contributed by atoms with Gasteiger partial charge in [-0.2, -0.15) is 0 Å². The second-order valence-electron chi connectivity index (χ2n) is 11.0. The number of nitrogens with two attached hydrogens (primary N) is 1. The first kappa shape index (κ1) is 27.4. The average molecular weight is 598 g/mol. The predicted molar refractivity (Wildman–Crippen MR) is 151 cm³/mol. The third kappa shape index (κ3) is 4.78. The van der Waals surface area contributed by atoms with Crippen LogP contribution in [0.1, 0.15) is 52.0 Å². The highest BCUT2D eigenvalue weighted by Gasteiger charge is 2.60. The molecule has 3 aromatic carbocycles. The number of carbonyl (C=O) groups is 2. The molecule has 1 saturated carbocycles. The van der Waals surface area contributed by atoms with Gasteiger partial charge in [0.05, 0.1) is 28.1 Å². The highest BCUT2D eigenvalue weighted by atomic mass is 32.2. The molecule has 1 unspecified atom stereocenters. The summed E-state index contributed by atoms with van der Waals surface area (Å²) in [5, 5.41) is 2.76. The van der Waals surface area contributed by atoms with Crippen molar-refractivity contribution in [1.82, 2.24) is 0 Å². The van der Waals surface area contributed by atoms with Crippen LogP contribution >= 0.6 is 0 Å². The predicted octanol–water partition coefficient (Wildman–Crippen LogP) is 3.61. The summed E-state index contributed by atoms with van der Waals surface area (Å²) in [7, 11) is -7.44. The van der Waals surface area contributed by atoms with Gasteiger partial charge in [0.15, 0.2) is 0 Å². The summed E-state index contributed by atoms with van der Waals surface area (Å²) < 4.78 is 68.3.